The van der Waals surface area contributed by atoms with E-state index in [9.17, 15) is 8.78 Å². The highest BCUT2D eigenvalue weighted by Crippen LogP contribution is 2.25. The van der Waals surface area contributed by atoms with Crippen LogP contribution in [0.3, 0.4) is 0 Å². The summed E-state index contributed by atoms with van der Waals surface area (Å²) in [6, 6.07) is 3.58. The maximum Gasteiger partial charge on any atom is 0.130 e. The smallest absolute Gasteiger partial charge is 0.130 e. The Morgan fingerprint density at radius 2 is 1.61 bits per heavy atom. The van der Waals surface area contributed by atoms with Crippen LogP contribution in [0.25, 0.3) is 0 Å². The van der Waals surface area contributed by atoms with E-state index in [1.807, 2.05) is 13.8 Å². The van der Waals surface area contributed by atoms with Crippen LogP contribution in [0.4, 0.5) is 8.78 Å². The van der Waals surface area contributed by atoms with Gasteiger partial charge in [0.15, 0.2) is 0 Å². The zero-order chi connectivity index (χ0) is 13.5. The number of halogens is 2. The van der Waals surface area contributed by atoms with Crippen LogP contribution in [-0.2, 0) is 0 Å². The monoisotopic (exact) mass is 256 g/mol. The van der Waals surface area contributed by atoms with Gasteiger partial charge in [-0.2, -0.15) is 0 Å². The zero-order valence-corrected chi connectivity index (χ0v) is 11.1. The Morgan fingerprint density at radius 1 is 1.11 bits per heavy atom. The molecule has 0 aromatic heterocycles. The standard InChI is InChI=1S/C14H22F2N2/c1-3-8-18(9-4-2)13(10-17)14-11(15)6-5-7-12(14)16/h5-7,13H,3-4,8-10,17H2,1-2H3. The van der Waals surface area contributed by atoms with Crippen molar-refractivity contribution in [2.45, 2.75) is 32.7 Å². The predicted octanol–water partition coefficient (Wildman–Crippen LogP) is 3.09. The van der Waals surface area contributed by atoms with Gasteiger partial charge in [-0.25, -0.2) is 8.78 Å². The van der Waals surface area contributed by atoms with E-state index in [0.29, 0.717) is 0 Å². The molecule has 0 saturated heterocycles. The quantitative estimate of drug-likeness (QED) is 0.812. The number of hydrogen-bond donors (Lipinski definition) is 1. The van der Waals surface area contributed by atoms with Crippen LogP contribution in [0.1, 0.15) is 38.3 Å². The Kier molecular flexibility index (Phi) is 6.22. The Balaban J connectivity index is 3.06. The van der Waals surface area contributed by atoms with E-state index in [1.165, 1.54) is 18.2 Å². The summed E-state index contributed by atoms with van der Waals surface area (Å²) in [4.78, 5) is 2.06. The molecule has 0 aliphatic rings. The molecule has 1 aromatic rings. The summed E-state index contributed by atoms with van der Waals surface area (Å²) in [5, 5.41) is 0. The molecule has 1 rings (SSSR count). The van der Waals surface area contributed by atoms with Gasteiger partial charge in [0.05, 0.1) is 6.04 Å². The molecule has 18 heavy (non-hydrogen) atoms. The summed E-state index contributed by atoms with van der Waals surface area (Å²) in [6.07, 6.45) is 1.87. The molecule has 2 nitrogen and oxygen atoms in total. The van der Waals surface area contributed by atoms with Gasteiger partial charge in [-0.3, -0.25) is 4.90 Å². The third kappa shape index (κ3) is 3.50. The van der Waals surface area contributed by atoms with E-state index in [-0.39, 0.29) is 18.2 Å². The summed E-state index contributed by atoms with van der Waals surface area (Å²) in [5.74, 6) is -1.02. The highest BCUT2D eigenvalue weighted by atomic mass is 19.1. The molecule has 0 spiro atoms. The molecule has 0 aliphatic heterocycles. The summed E-state index contributed by atoms with van der Waals surface area (Å²) in [7, 11) is 0. The van der Waals surface area contributed by atoms with Gasteiger partial charge in [-0.1, -0.05) is 19.9 Å². The Bertz CT molecular complexity index is 343. The summed E-state index contributed by atoms with van der Waals surface area (Å²) in [6.45, 7) is 5.91. The van der Waals surface area contributed by atoms with Crippen molar-refractivity contribution >= 4 is 0 Å². The fourth-order valence-corrected chi connectivity index (χ4v) is 2.28. The SMILES string of the molecule is CCCN(CCC)C(CN)c1c(F)cccc1F. The molecule has 1 atom stereocenters. The Morgan fingerprint density at radius 3 is 2.00 bits per heavy atom. The van der Waals surface area contributed by atoms with Crippen LogP contribution in [0, 0.1) is 11.6 Å². The van der Waals surface area contributed by atoms with Gasteiger partial charge in [-0.05, 0) is 38.1 Å². The summed E-state index contributed by atoms with van der Waals surface area (Å²) < 4.78 is 27.6. The number of benzene rings is 1. The van der Waals surface area contributed by atoms with Gasteiger partial charge in [0, 0.05) is 12.1 Å². The second-order valence-electron chi connectivity index (χ2n) is 4.42. The van der Waals surface area contributed by atoms with Crippen molar-refractivity contribution in [3.05, 3.63) is 35.4 Å². The van der Waals surface area contributed by atoms with Gasteiger partial charge >= 0.3 is 0 Å². The number of rotatable bonds is 7. The molecule has 0 radical (unpaired) electrons. The fourth-order valence-electron chi connectivity index (χ4n) is 2.28. The van der Waals surface area contributed by atoms with Crippen molar-refractivity contribution in [3.63, 3.8) is 0 Å². The van der Waals surface area contributed by atoms with Crippen LogP contribution >= 0.6 is 0 Å². The first-order chi connectivity index (χ1) is 8.65. The topological polar surface area (TPSA) is 29.3 Å². The van der Waals surface area contributed by atoms with E-state index in [1.54, 1.807) is 0 Å². The zero-order valence-electron chi connectivity index (χ0n) is 11.1. The molecule has 0 bridgehead atoms. The molecule has 0 aliphatic carbocycles. The van der Waals surface area contributed by atoms with E-state index < -0.39 is 11.6 Å². The van der Waals surface area contributed by atoms with E-state index in [0.717, 1.165) is 25.9 Å². The average molecular weight is 256 g/mol. The largest absolute Gasteiger partial charge is 0.329 e. The minimum Gasteiger partial charge on any atom is -0.329 e. The van der Waals surface area contributed by atoms with Gasteiger partial charge in [0.1, 0.15) is 11.6 Å². The van der Waals surface area contributed by atoms with Crippen molar-refractivity contribution < 1.29 is 8.78 Å². The normalized spacial score (nSPS) is 13.0. The van der Waals surface area contributed by atoms with Crippen LogP contribution in [0.15, 0.2) is 18.2 Å². The molecule has 1 aromatic carbocycles. The van der Waals surface area contributed by atoms with Crippen LogP contribution in [-0.4, -0.2) is 24.5 Å². The second-order valence-corrected chi connectivity index (χ2v) is 4.42. The molecule has 102 valence electrons. The third-order valence-corrected chi connectivity index (χ3v) is 3.02. The molecule has 0 heterocycles. The van der Waals surface area contributed by atoms with Gasteiger partial charge < -0.3 is 5.73 Å². The molecule has 0 amide bonds. The average Bonchev–Trinajstić information content (AvgIpc) is 2.34. The van der Waals surface area contributed by atoms with E-state index in [4.69, 9.17) is 5.73 Å². The third-order valence-electron chi connectivity index (χ3n) is 3.02. The van der Waals surface area contributed by atoms with Crippen LogP contribution in [0.2, 0.25) is 0 Å². The minimum atomic E-state index is -0.511. The molecule has 1 unspecified atom stereocenters. The lowest BCUT2D eigenvalue weighted by atomic mass is 10.0. The molecule has 2 N–H and O–H groups in total. The lowest BCUT2D eigenvalue weighted by Crippen LogP contribution is -2.36. The number of nitrogens with zero attached hydrogens (tertiary/aromatic N) is 1. The second kappa shape index (κ2) is 7.44. The lowest BCUT2D eigenvalue weighted by molar-refractivity contribution is 0.194. The van der Waals surface area contributed by atoms with Crippen molar-refractivity contribution in [2.75, 3.05) is 19.6 Å². The predicted molar refractivity (Wildman–Crippen MR) is 70.3 cm³/mol. The van der Waals surface area contributed by atoms with Crippen LogP contribution in [0.5, 0.6) is 0 Å². The Hall–Kier alpha value is -1.00. The first-order valence-electron chi connectivity index (χ1n) is 6.53. The van der Waals surface area contributed by atoms with E-state index in [2.05, 4.69) is 4.90 Å². The first-order valence-corrected chi connectivity index (χ1v) is 6.53. The van der Waals surface area contributed by atoms with Crippen molar-refractivity contribution in [2.24, 2.45) is 5.73 Å². The van der Waals surface area contributed by atoms with Crippen molar-refractivity contribution in [1.82, 2.24) is 4.90 Å². The van der Waals surface area contributed by atoms with Gasteiger partial charge in [-0.15, -0.1) is 0 Å². The summed E-state index contributed by atoms with van der Waals surface area (Å²) in [5.41, 5.74) is 5.83. The van der Waals surface area contributed by atoms with Gasteiger partial charge in [0.25, 0.3) is 0 Å². The molecule has 0 fully saturated rings. The van der Waals surface area contributed by atoms with Gasteiger partial charge in [0.2, 0.25) is 0 Å². The highest BCUT2D eigenvalue weighted by molar-refractivity contribution is 5.23. The lowest BCUT2D eigenvalue weighted by Gasteiger charge is -2.31. The number of hydrogen-bond acceptors (Lipinski definition) is 2. The Labute approximate surface area is 108 Å². The fraction of sp³-hybridized carbons (Fsp3) is 0.571. The molecular formula is C14H22F2N2. The molecular weight excluding hydrogens is 234 g/mol. The van der Waals surface area contributed by atoms with Crippen molar-refractivity contribution in [3.8, 4) is 0 Å². The molecule has 4 heteroatoms. The first kappa shape index (κ1) is 15.1. The molecule has 0 saturated carbocycles. The number of nitrogens with two attached hydrogens (primary N) is 1. The maximum absolute atomic E-state index is 13.8. The minimum absolute atomic E-state index is 0.0990. The van der Waals surface area contributed by atoms with Crippen LogP contribution < -0.4 is 5.73 Å². The summed E-state index contributed by atoms with van der Waals surface area (Å²) >= 11 is 0. The highest BCUT2D eigenvalue weighted by Gasteiger charge is 2.24. The maximum atomic E-state index is 13.8. The van der Waals surface area contributed by atoms with Crippen molar-refractivity contribution in [1.29, 1.82) is 0 Å². The van der Waals surface area contributed by atoms with E-state index >= 15 is 0 Å².